The Morgan fingerprint density at radius 2 is 1.79 bits per heavy atom. The van der Waals surface area contributed by atoms with Gasteiger partial charge in [0.05, 0.1) is 6.10 Å². The van der Waals surface area contributed by atoms with Crippen molar-refractivity contribution in [3.8, 4) is 0 Å². The molecule has 0 aliphatic rings. The van der Waals surface area contributed by atoms with Crippen LogP contribution in [-0.4, -0.2) is 13.2 Å². The minimum Gasteiger partial charge on any atom is -0.381 e. The molecule has 0 aromatic heterocycles. The van der Waals surface area contributed by atoms with E-state index >= 15 is 0 Å². The van der Waals surface area contributed by atoms with Gasteiger partial charge < -0.3 is 4.74 Å². The van der Waals surface area contributed by atoms with Gasteiger partial charge in [-0.05, 0) is 19.3 Å². The molecule has 0 aliphatic heterocycles. The van der Waals surface area contributed by atoms with Gasteiger partial charge in [-0.3, -0.25) is 0 Å². The summed E-state index contributed by atoms with van der Waals surface area (Å²) in [6.07, 6.45) is 13.1. The molecular formula is C13H27O. The van der Waals surface area contributed by atoms with E-state index in [-0.39, 0.29) is 0 Å². The lowest BCUT2D eigenvalue weighted by Crippen LogP contribution is -2.10. The fourth-order valence-electron chi connectivity index (χ4n) is 1.70. The van der Waals surface area contributed by atoms with Crippen LogP contribution in [0.5, 0.6) is 0 Å². The summed E-state index contributed by atoms with van der Waals surface area (Å²) in [7, 11) is 1.85. The second-order valence-corrected chi connectivity index (χ2v) is 3.98. The van der Waals surface area contributed by atoms with E-state index in [1.54, 1.807) is 0 Å². The van der Waals surface area contributed by atoms with Gasteiger partial charge in [-0.25, -0.2) is 0 Å². The van der Waals surface area contributed by atoms with E-state index in [0.29, 0.717) is 6.10 Å². The molecule has 1 heteroatoms. The molecule has 0 fully saturated rings. The first kappa shape index (κ1) is 14.0. The van der Waals surface area contributed by atoms with Crippen molar-refractivity contribution in [3.63, 3.8) is 0 Å². The van der Waals surface area contributed by atoms with Crippen molar-refractivity contribution in [2.24, 2.45) is 0 Å². The molecule has 1 atom stereocenters. The van der Waals surface area contributed by atoms with Crippen LogP contribution >= 0.6 is 0 Å². The summed E-state index contributed by atoms with van der Waals surface area (Å²) in [6.45, 7) is 4.45. The highest BCUT2D eigenvalue weighted by Gasteiger charge is 2.05. The quantitative estimate of drug-likeness (QED) is 0.475. The zero-order valence-corrected chi connectivity index (χ0v) is 10.2. The Labute approximate surface area is 90.2 Å². The molecule has 1 nitrogen and oxygen atoms in total. The number of ether oxygens (including phenoxy) is 1. The van der Waals surface area contributed by atoms with Gasteiger partial charge in [0.2, 0.25) is 0 Å². The molecular weight excluding hydrogens is 172 g/mol. The van der Waals surface area contributed by atoms with Crippen molar-refractivity contribution in [3.05, 3.63) is 6.42 Å². The van der Waals surface area contributed by atoms with Gasteiger partial charge in [0.1, 0.15) is 0 Å². The van der Waals surface area contributed by atoms with E-state index in [2.05, 4.69) is 20.3 Å². The summed E-state index contributed by atoms with van der Waals surface area (Å²) in [5.41, 5.74) is 0. The van der Waals surface area contributed by atoms with Crippen molar-refractivity contribution in [1.82, 2.24) is 0 Å². The largest absolute Gasteiger partial charge is 0.381 e. The van der Waals surface area contributed by atoms with E-state index in [1.165, 1.54) is 51.4 Å². The van der Waals surface area contributed by atoms with Gasteiger partial charge in [-0.1, -0.05) is 52.4 Å². The van der Waals surface area contributed by atoms with Crippen LogP contribution in [0.4, 0.5) is 0 Å². The van der Waals surface area contributed by atoms with Crippen molar-refractivity contribution in [1.29, 1.82) is 0 Å². The highest BCUT2D eigenvalue weighted by atomic mass is 16.5. The maximum atomic E-state index is 5.46. The average molecular weight is 199 g/mol. The Hall–Kier alpha value is -0.0400. The maximum absolute atomic E-state index is 5.46. The van der Waals surface area contributed by atoms with Crippen molar-refractivity contribution in [2.75, 3.05) is 7.11 Å². The Kier molecular flexibility index (Phi) is 11.0. The van der Waals surface area contributed by atoms with Gasteiger partial charge in [0.25, 0.3) is 0 Å². The van der Waals surface area contributed by atoms with Crippen molar-refractivity contribution < 1.29 is 4.74 Å². The summed E-state index contributed by atoms with van der Waals surface area (Å²) in [6, 6.07) is 0. The lowest BCUT2D eigenvalue weighted by atomic mass is 10.0. The topological polar surface area (TPSA) is 9.23 Å². The molecule has 0 N–H and O–H groups in total. The molecule has 0 spiro atoms. The number of rotatable bonds is 10. The van der Waals surface area contributed by atoms with Gasteiger partial charge >= 0.3 is 0 Å². The van der Waals surface area contributed by atoms with Crippen LogP contribution in [0.2, 0.25) is 0 Å². The van der Waals surface area contributed by atoms with Crippen LogP contribution in [0.15, 0.2) is 0 Å². The summed E-state index contributed by atoms with van der Waals surface area (Å²) >= 11 is 0. The third-order valence-corrected chi connectivity index (χ3v) is 2.69. The van der Waals surface area contributed by atoms with Crippen LogP contribution < -0.4 is 0 Å². The smallest absolute Gasteiger partial charge is 0.0571 e. The first-order valence-electron chi connectivity index (χ1n) is 6.19. The monoisotopic (exact) mass is 199 g/mol. The number of unbranched alkanes of at least 4 members (excludes halogenated alkanes) is 5. The zero-order valence-electron chi connectivity index (χ0n) is 10.2. The molecule has 1 unspecified atom stereocenters. The average Bonchev–Trinajstić information content (AvgIpc) is 2.22. The lowest BCUT2D eigenvalue weighted by Gasteiger charge is -2.14. The second-order valence-electron chi connectivity index (χ2n) is 3.98. The molecule has 0 aromatic carbocycles. The van der Waals surface area contributed by atoms with Gasteiger partial charge in [0, 0.05) is 7.11 Å². The second kappa shape index (κ2) is 11.0. The van der Waals surface area contributed by atoms with Crippen LogP contribution in [0, 0.1) is 6.42 Å². The molecule has 0 saturated heterocycles. The molecule has 0 amide bonds. The summed E-state index contributed by atoms with van der Waals surface area (Å²) in [5.74, 6) is 0. The zero-order chi connectivity index (χ0) is 10.6. The molecule has 14 heavy (non-hydrogen) atoms. The SMILES string of the molecule is CC[CH]CCCC(CCCCC)OC. The third-order valence-electron chi connectivity index (χ3n) is 2.69. The first-order chi connectivity index (χ1) is 6.85. The predicted molar refractivity (Wildman–Crippen MR) is 63.4 cm³/mol. The minimum absolute atomic E-state index is 0.506. The molecule has 0 heterocycles. The Morgan fingerprint density at radius 1 is 1.07 bits per heavy atom. The minimum atomic E-state index is 0.506. The van der Waals surface area contributed by atoms with Crippen LogP contribution in [-0.2, 0) is 4.74 Å². The molecule has 0 aromatic rings. The van der Waals surface area contributed by atoms with E-state index < -0.39 is 0 Å². The highest BCUT2D eigenvalue weighted by Crippen LogP contribution is 2.13. The fourth-order valence-corrected chi connectivity index (χ4v) is 1.70. The first-order valence-corrected chi connectivity index (χ1v) is 6.19. The summed E-state index contributed by atoms with van der Waals surface area (Å²) < 4.78 is 5.46. The summed E-state index contributed by atoms with van der Waals surface area (Å²) in [4.78, 5) is 0. The Bertz CT molecular complexity index is 101. The van der Waals surface area contributed by atoms with Gasteiger partial charge in [-0.2, -0.15) is 0 Å². The molecule has 1 radical (unpaired) electrons. The van der Waals surface area contributed by atoms with Crippen LogP contribution in [0.3, 0.4) is 0 Å². The number of methoxy groups -OCH3 is 1. The lowest BCUT2D eigenvalue weighted by molar-refractivity contribution is 0.0839. The summed E-state index contributed by atoms with van der Waals surface area (Å²) in [5, 5.41) is 0. The Morgan fingerprint density at radius 3 is 2.36 bits per heavy atom. The molecule has 0 aliphatic carbocycles. The number of hydrogen-bond donors (Lipinski definition) is 0. The predicted octanol–water partition coefficient (Wildman–Crippen LogP) is 4.37. The molecule has 85 valence electrons. The van der Waals surface area contributed by atoms with Gasteiger partial charge in [0.15, 0.2) is 0 Å². The van der Waals surface area contributed by atoms with Crippen LogP contribution in [0.25, 0.3) is 0 Å². The van der Waals surface area contributed by atoms with Crippen molar-refractivity contribution >= 4 is 0 Å². The van der Waals surface area contributed by atoms with Gasteiger partial charge in [-0.15, -0.1) is 0 Å². The standard InChI is InChI=1S/C13H27O/c1-4-6-8-10-12-13(14-3)11-9-7-5-2/h6,13H,4-5,7-12H2,1-3H3. The third kappa shape index (κ3) is 8.55. The molecule has 0 bridgehead atoms. The maximum Gasteiger partial charge on any atom is 0.0571 e. The Balaban J connectivity index is 3.28. The molecule has 0 rings (SSSR count). The van der Waals surface area contributed by atoms with E-state index in [4.69, 9.17) is 4.74 Å². The van der Waals surface area contributed by atoms with E-state index in [0.717, 1.165) is 0 Å². The van der Waals surface area contributed by atoms with E-state index in [9.17, 15) is 0 Å². The fraction of sp³-hybridized carbons (Fsp3) is 0.923. The van der Waals surface area contributed by atoms with E-state index in [1.807, 2.05) is 7.11 Å². The highest BCUT2D eigenvalue weighted by molar-refractivity contribution is 4.64. The number of hydrogen-bond acceptors (Lipinski definition) is 1. The normalized spacial score (nSPS) is 13.1. The van der Waals surface area contributed by atoms with Crippen molar-refractivity contribution in [2.45, 2.75) is 71.3 Å². The van der Waals surface area contributed by atoms with Crippen LogP contribution in [0.1, 0.15) is 65.2 Å². The molecule has 0 saturated carbocycles.